The van der Waals surface area contributed by atoms with E-state index in [9.17, 15) is 0 Å². The molecule has 1 aromatic rings. The Morgan fingerprint density at radius 1 is 1.14 bits per heavy atom. The predicted molar refractivity (Wildman–Crippen MR) is 62.3 cm³/mol. The van der Waals surface area contributed by atoms with Gasteiger partial charge in [0.1, 0.15) is 5.50 Å². The summed E-state index contributed by atoms with van der Waals surface area (Å²) >= 11 is 0. The van der Waals surface area contributed by atoms with E-state index in [2.05, 4.69) is 16.2 Å². The fourth-order valence-electron chi connectivity index (χ4n) is 1.61. The number of hydrogen-bond acceptors (Lipinski definition) is 1. The van der Waals surface area contributed by atoms with Crippen LogP contribution in [-0.2, 0) is 6.42 Å². The van der Waals surface area contributed by atoms with Crippen molar-refractivity contribution in [3.8, 4) is 0 Å². The molecule has 0 saturated heterocycles. The molecule has 0 aliphatic rings. The van der Waals surface area contributed by atoms with Crippen LogP contribution in [0.15, 0.2) is 16.7 Å². The highest BCUT2D eigenvalue weighted by Crippen LogP contribution is 2.10. The lowest BCUT2D eigenvalue weighted by atomic mass is 10.1. The number of unbranched alkanes of at least 4 members (excludes halogenated alkanes) is 5. The van der Waals surface area contributed by atoms with Crippen LogP contribution in [0.5, 0.6) is 0 Å². The lowest BCUT2D eigenvalue weighted by Crippen LogP contribution is -1.95. The number of aryl methyl sites for hydroxylation is 1. The van der Waals surface area contributed by atoms with E-state index < -0.39 is 0 Å². The first-order valence-electron chi connectivity index (χ1n) is 5.60. The molecular weight excluding hydrogens is 191 g/mol. The van der Waals surface area contributed by atoms with Gasteiger partial charge in [0.15, 0.2) is 0 Å². The Morgan fingerprint density at radius 3 is 2.50 bits per heavy atom. The molecule has 0 amide bonds. The molecule has 0 bridgehead atoms. The number of hydrogen-bond donors (Lipinski definition) is 0. The molecule has 0 spiro atoms. The highest BCUT2D eigenvalue weighted by atomic mass is 31.0. The molecule has 1 rings (SSSR count). The topological polar surface area (TPSA) is 13.1 Å². The van der Waals surface area contributed by atoms with E-state index in [1.54, 1.807) is 6.26 Å². The summed E-state index contributed by atoms with van der Waals surface area (Å²) in [4.78, 5) is 0. The van der Waals surface area contributed by atoms with Gasteiger partial charge in [-0.15, -0.1) is 0 Å². The Kier molecular flexibility index (Phi) is 5.94. The van der Waals surface area contributed by atoms with Gasteiger partial charge in [-0.2, -0.15) is 0 Å². The van der Waals surface area contributed by atoms with Crippen LogP contribution in [0, 0.1) is 0 Å². The van der Waals surface area contributed by atoms with Gasteiger partial charge in [-0.25, -0.2) is 0 Å². The molecule has 0 atom stereocenters. The normalized spacial score (nSPS) is 10.7. The zero-order chi connectivity index (χ0) is 10.2. The highest BCUT2D eigenvalue weighted by molar-refractivity contribution is 7.26. The Morgan fingerprint density at radius 2 is 1.86 bits per heavy atom. The maximum Gasteiger partial charge on any atom is 0.138 e. The van der Waals surface area contributed by atoms with Gasteiger partial charge in [0.2, 0.25) is 0 Å². The lowest BCUT2D eigenvalue weighted by molar-refractivity contribution is 0.594. The molecule has 78 valence electrons. The first kappa shape index (κ1) is 11.8. The van der Waals surface area contributed by atoms with Crippen LogP contribution in [0.25, 0.3) is 0 Å². The third-order valence-electron chi connectivity index (χ3n) is 2.52. The first-order valence-corrected chi connectivity index (χ1v) is 6.04. The molecule has 0 fully saturated rings. The minimum Gasteiger partial charge on any atom is -0.464 e. The van der Waals surface area contributed by atoms with E-state index >= 15 is 0 Å². The standard InChI is InChI=1S/C12H19OP/c1-2-3-4-5-6-7-8-11-9-10-13-12(11)14/h9-10H,2-8H2,1H3. The van der Waals surface area contributed by atoms with Crippen LogP contribution < -0.4 is 5.50 Å². The van der Waals surface area contributed by atoms with Gasteiger partial charge in [0, 0.05) is 9.24 Å². The smallest absolute Gasteiger partial charge is 0.138 e. The van der Waals surface area contributed by atoms with Crippen LogP contribution in [0.1, 0.15) is 51.0 Å². The van der Waals surface area contributed by atoms with Gasteiger partial charge >= 0.3 is 0 Å². The van der Waals surface area contributed by atoms with Gasteiger partial charge in [0.05, 0.1) is 6.26 Å². The van der Waals surface area contributed by atoms with Crippen molar-refractivity contribution in [1.82, 2.24) is 0 Å². The Bertz CT molecular complexity index is 242. The van der Waals surface area contributed by atoms with Crippen molar-refractivity contribution in [2.75, 3.05) is 0 Å². The molecule has 0 unspecified atom stereocenters. The van der Waals surface area contributed by atoms with Gasteiger partial charge in [-0.1, -0.05) is 39.0 Å². The van der Waals surface area contributed by atoms with Gasteiger partial charge in [-0.3, -0.25) is 0 Å². The van der Waals surface area contributed by atoms with E-state index in [0.29, 0.717) is 0 Å². The molecule has 0 aliphatic heterocycles. The average molecular weight is 210 g/mol. The fraction of sp³-hybridized carbons (Fsp3) is 0.667. The molecule has 0 aliphatic carbocycles. The van der Waals surface area contributed by atoms with Crippen molar-refractivity contribution in [3.63, 3.8) is 0 Å². The molecule has 2 radical (unpaired) electrons. The second-order valence-corrected chi connectivity index (χ2v) is 4.17. The van der Waals surface area contributed by atoms with Crippen molar-refractivity contribution in [3.05, 3.63) is 17.9 Å². The summed E-state index contributed by atoms with van der Waals surface area (Å²) in [5.74, 6) is 0. The Hall–Kier alpha value is -0.290. The molecule has 0 saturated carbocycles. The molecule has 14 heavy (non-hydrogen) atoms. The van der Waals surface area contributed by atoms with E-state index in [-0.39, 0.29) is 0 Å². The van der Waals surface area contributed by atoms with Crippen molar-refractivity contribution >= 4 is 14.7 Å². The average Bonchev–Trinajstić information content (AvgIpc) is 2.58. The summed E-state index contributed by atoms with van der Waals surface area (Å²) in [5.41, 5.74) is 2.04. The summed E-state index contributed by atoms with van der Waals surface area (Å²) in [6, 6.07) is 2.02. The summed E-state index contributed by atoms with van der Waals surface area (Å²) in [6.07, 6.45) is 10.9. The van der Waals surface area contributed by atoms with E-state index in [4.69, 9.17) is 4.42 Å². The van der Waals surface area contributed by atoms with E-state index in [1.165, 1.54) is 44.1 Å². The minimum absolute atomic E-state index is 0.790. The molecule has 1 nitrogen and oxygen atoms in total. The summed E-state index contributed by atoms with van der Waals surface area (Å²) in [7, 11) is 4.24. The third-order valence-corrected chi connectivity index (χ3v) is 2.92. The Balaban J connectivity index is 2.02. The fourth-order valence-corrected chi connectivity index (χ4v) is 1.86. The molecule has 0 aromatic carbocycles. The second kappa shape index (κ2) is 7.06. The monoisotopic (exact) mass is 210 g/mol. The molecule has 1 aromatic heterocycles. The summed E-state index contributed by atoms with van der Waals surface area (Å²) in [6.45, 7) is 2.25. The predicted octanol–water partition coefficient (Wildman–Crippen LogP) is 4.22. The number of rotatable bonds is 7. The van der Waals surface area contributed by atoms with Gasteiger partial charge in [0.25, 0.3) is 0 Å². The SMILES string of the molecule is CCCCCCCCc1ccoc1[P]. The first-order chi connectivity index (χ1) is 6.84. The summed E-state index contributed by atoms with van der Waals surface area (Å²) in [5, 5.41) is 0. The van der Waals surface area contributed by atoms with Gasteiger partial charge in [-0.05, 0) is 24.5 Å². The largest absolute Gasteiger partial charge is 0.464 e. The molecule has 1 heterocycles. The highest BCUT2D eigenvalue weighted by Gasteiger charge is 2.00. The summed E-state index contributed by atoms with van der Waals surface area (Å²) < 4.78 is 5.12. The van der Waals surface area contributed by atoms with Crippen LogP contribution in [0.2, 0.25) is 0 Å². The molecule has 2 heteroatoms. The van der Waals surface area contributed by atoms with E-state index in [1.807, 2.05) is 6.07 Å². The minimum atomic E-state index is 0.790. The van der Waals surface area contributed by atoms with Crippen LogP contribution >= 0.6 is 9.24 Å². The van der Waals surface area contributed by atoms with Gasteiger partial charge < -0.3 is 4.42 Å². The quantitative estimate of drug-likeness (QED) is 0.485. The van der Waals surface area contributed by atoms with Crippen molar-refractivity contribution in [2.45, 2.75) is 51.9 Å². The maximum atomic E-state index is 5.12. The van der Waals surface area contributed by atoms with Crippen molar-refractivity contribution < 1.29 is 4.42 Å². The van der Waals surface area contributed by atoms with Crippen LogP contribution in [-0.4, -0.2) is 0 Å². The van der Waals surface area contributed by atoms with Crippen LogP contribution in [0.4, 0.5) is 0 Å². The zero-order valence-corrected chi connectivity index (χ0v) is 9.85. The van der Waals surface area contributed by atoms with Crippen molar-refractivity contribution in [2.24, 2.45) is 0 Å². The second-order valence-electron chi connectivity index (χ2n) is 3.77. The Labute approximate surface area is 89.5 Å². The van der Waals surface area contributed by atoms with E-state index in [0.717, 1.165) is 11.9 Å². The van der Waals surface area contributed by atoms with Crippen LogP contribution in [0.3, 0.4) is 0 Å². The lowest BCUT2D eigenvalue weighted by Gasteiger charge is -1.99. The number of furan rings is 1. The molecule has 0 N–H and O–H groups in total. The third kappa shape index (κ3) is 4.28. The zero-order valence-electron chi connectivity index (χ0n) is 8.96. The van der Waals surface area contributed by atoms with Crippen molar-refractivity contribution in [1.29, 1.82) is 0 Å². The molecular formula is C12H19OP. The maximum absolute atomic E-state index is 5.12.